The number of carbonyl (C=O) groups excluding carboxylic acids is 1. The normalized spacial score (nSPS) is 9.00. The van der Waals surface area contributed by atoms with Gasteiger partial charge in [0.15, 0.2) is 0 Å². The number of aliphatic carboxylic acids is 1. The zero-order chi connectivity index (χ0) is 7.98. The van der Waals surface area contributed by atoms with Crippen LogP contribution in [-0.4, -0.2) is 40.4 Å². The summed E-state index contributed by atoms with van der Waals surface area (Å²) < 4.78 is 0. The van der Waals surface area contributed by atoms with Crippen LogP contribution in [0.3, 0.4) is 0 Å². The van der Waals surface area contributed by atoms with Crippen LogP contribution < -0.4 is 0 Å². The molecule has 0 saturated carbocycles. The predicted octanol–water partition coefficient (Wildman–Crippen LogP) is -0.850. The summed E-state index contributed by atoms with van der Waals surface area (Å²) in [5.41, 5.74) is 0. The van der Waals surface area contributed by atoms with Crippen molar-refractivity contribution in [2.75, 3.05) is 13.1 Å². The zero-order valence-corrected chi connectivity index (χ0v) is 5.15. The summed E-state index contributed by atoms with van der Waals surface area (Å²) in [6.45, 7) is -0.617. The Morgan fingerprint density at radius 2 is 2.30 bits per heavy atom. The van der Waals surface area contributed by atoms with Crippen LogP contribution in [0, 0.1) is 0 Å². The van der Waals surface area contributed by atoms with Gasteiger partial charge in [-0.2, -0.15) is 5.06 Å². The molecule has 0 atom stereocenters. The van der Waals surface area contributed by atoms with E-state index in [2.05, 4.69) is 0 Å². The van der Waals surface area contributed by atoms with Crippen LogP contribution >= 0.6 is 0 Å². The van der Waals surface area contributed by atoms with E-state index in [9.17, 15) is 9.59 Å². The van der Waals surface area contributed by atoms with Crippen molar-refractivity contribution < 1.29 is 19.9 Å². The van der Waals surface area contributed by atoms with Gasteiger partial charge in [-0.25, -0.2) is 4.79 Å². The molecule has 0 radical (unpaired) electrons. The van der Waals surface area contributed by atoms with Crippen molar-refractivity contribution in [1.29, 1.82) is 0 Å². The molecule has 0 unspecified atom stereocenters. The van der Waals surface area contributed by atoms with Crippen LogP contribution in [-0.2, 0) is 9.59 Å². The van der Waals surface area contributed by atoms with Gasteiger partial charge in [-0.1, -0.05) is 0 Å². The standard InChI is InChI=1S/C5H7NO4/c7-3-1-2-6(10)4-5(8)9/h1,10H,2,4H2,(H,8,9). The van der Waals surface area contributed by atoms with Crippen LogP contribution in [0.4, 0.5) is 0 Å². The first-order valence-electron chi connectivity index (χ1n) is 2.51. The zero-order valence-electron chi connectivity index (χ0n) is 5.15. The van der Waals surface area contributed by atoms with Gasteiger partial charge in [0, 0.05) is 6.08 Å². The molecule has 0 aliphatic heterocycles. The van der Waals surface area contributed by atoms with Gasteiger partial charge >= 0.3 is 5.97 Å². The fraction of sp³-hybridized carbons (Fsp3) is 0.400. The van der Waals surface area contributed by atoms with Crippen LogP contribution in [0.25, 0.3) is 0 Å². The van der Waals surface area contributed by atoms with Crippen LogP contribution in [0.2, 0.25) is 0 Å². The minimum Gasteiger partial charge on any atom is -0.480 e. The average Bonchev–Trinajstić information content (AvgIpc) is 1.82. The lowest BCUT2D eigenvalue weighted by Crippen LogP contribution is -2.26. The molecule has 56 valence electrons. The monoisotopic (exact) mass is 145 g/mol. The summed E-state index contributed by atoms with van der Waals surface area (Å²) in [6.07, 6.45) is 0.989. The fourth-order valence-electron chi connectivity index (χ4n) is 0.363. The Kier molecular flexibility index (Phi) is 4.15. The molecule has 0 amide bonds. The molecule has 2 N–H and O–H groups in total. The minimum atomic E-state index is -1.15. The third kappa shape index (κ3) is 4.99. The third-order valence-electron chi connectivity index (χ3n) is 0.703. The second kappa shape index (κ2) is 4.69. The summed E-state index contributed by atoms with van der Waals surface area (Å²) in [4.78, 5) is 19.4. The van der Waals surface area contributed by atoms with E-state index in [1.165, 1.54) is 5.94 Å². The molecule has 0 aromatic rings. The first-order chi connectivity index (χ1) is 4.66. The molecular weight excluding hydrogens is 138 g/mol. The first kappa shape index (κ1) is 8.84. The molecule has 0 rings (SSSR count). The van der Waals surface area contributed by atoms with Crippen molar-refractivity contribution in [3.05, 3.63) is 6.08 Å². The maximum Gasteiger partial charge on any atom is 0.320 e. The maximum atomic E-state index is 9.86. The molecule has 0 heterocycles. The van der Waals surface area contributed by atoms with E-state index < -0.39 is 12.5 Å². The SMILES string of the molecule is O=C=CCN(O)CC(=O)O. The van der Waals surface area contributed by atoms with Crippen molar-refractivity contribution >= 4 is 11.9 Å². The van der Waals surface area contributed by atoms with E-state index in [4.69, 9.17) is 10.3 Å². The number of rotatable bonds is 4. The van der Waals surface area contributed by atoms with Gasteiger partial charge in [-0.15, -0.1) is 0 Å². The average molecular weight is 145 g/mol. The molecule has 0 aromatic carbocycles. The second-order valence-electron chi connectivity index (χ2n) is 1.56. The number of carboxylic acid groups (broad SMARTS) is 1. The van der Waals surface area contributed by atoms with Gasteiger partial charge in [0.05, 0.1) is 6.54 Å². The first-order valence-corrected chi connectivity index (χ1v) is 2.51. The van der Waals surface area contributed by atoms with E-state index in [0.717, 1.165) is 6.08 Å². The molecule has 5 heteroatoms. The third-order valence-corrected chi connectivity index (χ3v) is 0.703. The minimum absolute atomic E-state index is 0.115. The molecule has 0 fully saturated rings. The van der Waals surface area contributed by atoms with E-state index >= 15 is 0 Å². The highest BCUT2D eigenvalue weighted by Crippen LogP contribution is 1.79. The summed E-state index contributed by atoms with van der Waals surface area (Å²) >= 11 is 0. The van der Waals surface area contributed by atoms with Crippen molar-refractivity contribution in [3.63, 3.8) is 0 Å². The van der Waals surface area contributed by atoms with Crippen LogP contribution in [0.5, 0.6) is 0 Å². The molecule has 5 nitrogen and oxygen atoms in total. The fourth-order valence-corrected chi connectivity index (χ4v) is 0.363. The molecular formula is C5H7NO4. The van der Waals surface area contributed by atoms with E-state index in [1.54, 1.807) is 0 Å². The Balaban J connectivity index is 3.52. The van der Waals surface area contributed by atoms with E-state index in [0.29, 0.717) is 5.06 Å². The van der Waals surface area contributed by atoms with Gasteiger partial charge in [-0.3, -0.25) is 4.79 Å². The van der Waals surface area contributed by atoms with E-state index in [-0.39, 0.29) is 6.54 Å². The molecule has 0 aliphatic rings. The quantitative estimate of drug-likeness (QED) is 0.398. The molecule has 0 aliphatic carbocycles. The number of nitrogens with zero attached hydrogens (tertiary/aromatic N) is 1. The molecule has 0 spiro atoms. The lowest BCUT2D eigenvalue weighted by atomic mass is 10.5. The summed E-state index contributed by atoms with van der Waals surface area (Å²) in [5, 5.41) is 17.2. The van der Waals surface area contributed by atoms with Crippen molar-refractivity contribution in [2.45, 2.75) is 0 Å². The Morgan fingerprint density at radius 3 is 2.70 bits per heavy atom. The Labute approximate surface area is 57.1 Å². The number of hydrogen-bond acceptors (Lipinski definition) is 4. The Hall–Kier alpha value is -1.16. The van der Waals surface area contributed by atoms with E-state index in [1.807, 2.05) is 0 Å². The maximum absolute atomic E-state index is 9.86. The second-order valence-corrected chi connectivity index (χ2v) is 1.56. The molecule has 0 bridgehead atoms. The number of hydroxylamine groups is 2. The smallest absolute Gasteiger partial charge is 0.320 e. The highest BCUT2D eigenvalue weighted by molar-refractivity contribution is 5.68. The van der Waals surface area contributed by atoms with Crippen LogP contribution in [0.1, 0.15) is 0 Å². The predicted molar refractivity (Wildman–Crippen MR) is 31.3 cm³/mol. The highest BCUT2D eigenvalue weighted by Gasteiger charge is 2.02. The van der Waals surface area contributed by atoms with Gasteiger partial charge in [0.2, 0.25) is 0 Å². The van der Waals surface area contributed by atoms with Gasteiger partial charge in [-0.05, 0) is 0 Å². The van der Waals surface area contributed by atoms with Gasteiger partial charge in [0.1, 0.15) is 12.5 Å². The van der Waals surface area contributed by atoms with Gasteiger partial charge in [0.25, 0.3) is 0 Å². The summed E-state index contributed by atoms with van der Waals surface area (Å²) in [6, 6.07) is 0. The largest absolute Gasteiger partial charge is 0.480 e. The molecule has 0 aromatic heterocycles. The number of hydrogen-bond donors (Lipinski definition) is 2. The summed E-state index contributed by atoms with van der Waals surface area (Å²) in [7, 11) is 0. The van der Waals surface area contributed by atoms with Gasteiger partial charge < -0.3 is 10.3 Å². The topological polar surface area (TPSA) is 77.8 Å². The van der Waals surface area contributed by atoms with Crippen LogP contribution in [0.15, 0.2) is 6.08 Å². The number of carbonyl (C=O) groups is 1. The summed E-state index contributed by atoms with van der Waals surface area (Å²) in [5.74, 6) is 0.251. The highest BCUT2D eigenvalue weighted by atomic mass is 16.5. The van der Waals surface area contributed by atoms with Crippen molar-refractivity contribution in [3.8, 4) is 0 Å². The van der Waals surface area contributed by atoms with Crippen molar-refractivity contribution in [2.24, 2.45) is 0 Å². The Morgan fingerprint density at radius 1 is 1.70 bits per heavy atom. The lowest BCUT2D eigenvalue weighted by Gasteiger charge is -2.06. The molecule has 10 heavy (non-hydrogen) atoms. The number of carboxylic acids is 1. The lowest BCUT2D eigenvalue weighted by molar-refractivity contribution is -0.151. The van der Waals surface area contributed by atoms with Crippen molar-refractivity contribution in [1.82, 2.24) is 5.06 Å². The Bertz CT molecular complexity index is 157. The molecule has 0 saturated heterocycles.